The number of unbranched alkanes of at least 4 members (excludes halogenated alkanes) is 20. The van der Waals surface area contributed by atoms with Crippen LogP contribution in [0.25, 0.3) is 111 Å². The van der Waals surface area contributed by atoms with E-state index in [1.54, 1.807) is 22.3 Å². The molecule has 0 fully saturated rings. The second-order valence-electron chi connectivity index (χ2n) is 29.5. The van der Waals surface area contributed by atoms with Gasteiger partial charge in [0, 0.05) is 32.4 Å². The first-order chi connectivity index (χ1) is 47.9. The Morgan fingerprint density at radius 2 is 0.485 bits per heavy atom. The minimum absolute atomic E-state index is 0.0494. The lowest BCUT2D eigenvalue weighted by molar-refractivity contribution is 0.398. The maximum Gasteiger partial charge on any atom is 0.135 e. The van der Waals surface area contributed by atoms with E-state index in [4.69, 9.17) is 8.83 Å². The lowest BCUT2D eigenvalue weighted by Gasteiger charge is -2.33. The van der Waals surface area contributed by atoms with Gasteiger partial charge in [0.1, 0.15) is 22.3 Å². The van der Waals surface area contributed by atoms with Crippen LogP contribution in [0.5, 0.6) is 0 Å². The predicted octanol–water partition coefficient (Wildman–Crippen LogP) is 29.3. The Morgan fingerprint density at radius 3 is 0.814 bits per heavy atom. The molecule has 0 atom stereocenters. The van der Waals surface area contributed by atoms with Crippen LogP contribution in [-0.4, -0.2) is 0 Å². The fraction of sp³-hybridized carbons (Fsp3) is 0.368. The van der Waals surface area contributed by atoms with Crippen molar-refractivity contribution in [2.75, 3.05) is 0 Å². The first kappa shape index (κ1) is 66.1. The second kappa shape index (κ2) is 30.7. The summed E-state index contributed by atoms with van der Waals surface area (Å²) < 4.78 is 13.1. The molecule has 97 heavy (non-hydrogen) atoms. The zero-order chi connectivity index (χ0) is 66.0. The quantitative estimate of drug-likeness (QED) is 0.0376. The third kappa shape index (κ3) is 13.9. The number of benzene rings is 10. The molecule has 0 bridgehead atoms. The Morgan fingerprint density at radius 1 is 0.227 bits per heavy atom. The second-order valence-corrected chi connectivity index (χ2v) is 29.5. The Balaban J connectivity index is 0.678. The smallest absolute Gasteiger partial charge is 0.135 e. The van der Waals surface area contributed by atoms with Crippen LogP contribution in [0, 0.1) is 0 Å². The van der Waals surface area contributed by atoms with Gasteiger partial charge in [0.05, 0.1) is 0 Å². The number of hydrogen-bond acceptors (Lipinski definition) is 2. The number of rotatable bonds is 34. The molecule has 2 aliphatic carbocycles. The predicted molar refractivity (Wildman–Crippen MR) is 416 cm³/mol. The molecule has 0 aliphatic heterocycles. The SMILES string of the molecule is CCCCCCCCC1(CCCCCCCC)c2ccccc2-c2ccc(-c3ccc4oc5ccc(-c6ccc(Cc7ccc(-c8ccc9oc%10ccc(-c%11ccc%12c(c%11)C(CCCCCCCC)(CCCCCCCC)c%11ccccc%11-%12)cc%10c9c8)cc7)cc6)cc5c4c3)cc21. The maximum absolute atomic E-state index is 6.57. The van der Waals surface area contributed by atoms with E-state index in [0.29, 0.717) is 0 Å². The summed E-state index contributed by atoms with van der Waals surface area (Å²) >= 11 is 0. The molecule has 0 N–H and O–H groups in total. The van der Waals surface area contributed by atoms with Crippen molar-refractivity contribution in [3.05, 3.63) is 240 Å². The van der Waals surface area contributed by atoms with Gasteiger partial charge in [-0.2, -0.15) is 0 Å². The Labute approximate surface area is 580 Å². The standard InChI is InChI=1S/C95H104O2/c1-5-9-13-17-21-29-57-94(58-30-22-18-14-10-6-2)86-35-27-25-33-78(86)80-51-45-76(66-88(80)94)74-49-55-92-84(64-74)82-62-72(47-53-90(82)96-92)70-41-37-68(38-42-70)61-69-39-43-71(44-40-69)73-48-54-91-83(63-73)85-65-75(50-56-93(85)97-91)77-46-52-81-79-34-26-28-36-87(79)95(89(81)67-77,59-31-23-19-15-11-7-3)60-32-24-20-16-12-8-4/h25-28,33-56,62-67H,5-24,29-32,57-61H2,1-4H3. The zero-order valence-electron chi connectivity index (χ0n) is 59.0. The van der Waals surface area contributed by atoms with Crippen molar-refractivity contribution in [3.63, 3.8) is 0 Å². The average molecular weight is 1280 g/mol. The Hall–Kier alpha value is -8.20. The monoisotopic (exact) mass is 1280 g/mol. The van der Waals surface area contributed by atoms with Crippen molar-refractivity contribution in [3.8, 4) is 66.8 Å². The lowest BCUT2D eigenvalue weighted by Crippen LogP contribution is -2.25. The molecular weight excluding hydrogens is 1170 g/mol. The third-order valence-corrected chi connectivity index (χ3v) is 23.0. The molecule has 0 amide bonds. The van der Waals surface area contributed by atoms with Crippen molar-refractivity contribution in [2.45, 2.75) is 225 Å². The highest BCUT2D eigenvalue weighted by molar-refractivity contribution is 6.09. The van der Waals surface area contributed by atoms with Crippen LogP contribution in [0.2, 0.25) is 0 Å². The van der Waals surface area contributed by atoms with Crippen LogP contribution in [0.3, 0.4) is 0 Å². The normalized spacial score (nSPS) is 13.5. The summed E-state index contributed by atoms with van der Waals surface area (Å²) in [6.45, 7) is 9.29. The summed E-state index contributed by atoms with van der Waals surface area (Å²) in [5.41, 5.74) is 28.4. The molecule has 2 nitrogen and oxygen atoms in total. The van der Waals surface area contributed by atoms with Gasteiger partial charge < -0.3 is 8.83 Å². The minimum Gasteiger partial charge on any atom is -0.456 e. The number of furan rings is 2. The van der Waals surface area contributed by atoms with Gasteiger partial charge >= 0.3 is 0 Å². The van der Waals surface area contributed by atoms with Gasteiger partial charge in [-0.25, -0.2) is 0 Å². The molecule has 0 unspecified atom stereocenters. The number of fused-ring (bicyclic) bond motifs is 12. The molecule has 0 saturated carbocycles. The molecule has 2 aliphatic rings. The van der Waals surface area contributed by atoms with E-state index in [-0.39, 0.29) is 10.8 Å². The van der Waals surface area contributed by atoms with Crippen LogP contribution in [-0.2, 0) is 17.3 Å². The zero-order valence-corrected chi connectivity index (χ0v) is 59.0. The molecule has 496 valence electrons. The summed E-state index contributed by atoms with van der Waals surface area (Å²) in [5, 5.41) is 4.67. The van der Waals surface area contributed by atoms with Gasteiger partial charge in [-0.15, -0.1) is 0 Å². The summed E-state index contributed by atoms with van der Waals surface area (Å²) in [7, 11) is 0. The van der Waals surface area contributed by atoms with Crippen molar-refractivity contribution >= 4 is 43.9 Å². The number of hydrogen-bond donors (Lipinski definition) is 0. The third-order valence-electron chi connectivity index (χ3n) is 23.0. The molecule has 12 aromatic rings. The van der Waals surface area contributed by atoms with Gasteiger partial charge in [0.25, 0.3) is 0 Å². The van der Waals surface area contributed by atoms with Crippen LogP contribution < -0.4 is 0 Å². The van der Waals surface area contributed by atoms with Crippen LogP contribution in [0.15, 0.2) is 215 Å². The fourth-order valence-electron chi connectivity index (χ4n) is 17.6. The van der Waals surface area contributed by atoms with Gasteiger partial charge in [-0.05, 0) is 193 Å². The van der Waals surface area contributed by atoms with Gasteiger partial charge in [-0.3, -0.25) is 0 Å². The average Bonchev–Trinajstić information content (AvgIpc) is 1.58. The molecule has 2 heteroatoms. The highest BCUT2D eigenvalue weighted by atomic mass is 16.3. The van der Waals surface area contributed by atoms with Crippen molar-refractivity contribution in [2.24, 2.45) is 0 Å². The molecule has 2 aromatic heterocycles. The van der Waals surface area contributed by atoms with E-state index < -0.39 is 0 Å². The van der Waals surface area contributed by atoms with Gasteiger partial charge in [-0.1, -0.05) is 327 Å². The van der Waals surface area contributed by atoms with Crippen LogP contribution in [0.4, 0.5) is 0 Å². The van der Waals surface area contributed by atoms with Gasteiger partial charge in [0.2, 0.25) is 0 Å². The topological polar surface area (TPSA) is 26.3 Å². The maximum atomic E-state index is 6.57. The Bertz CT molecular complexity index is 4290. The highest BCUT2D eigenvalue weighted by Crippen LogP contribution is 2.57. The first-order valence-electron chi connectivity index (χ1n) is 38.5. The highest BCUT2D eigenvalue weighted by Gasteiger charge is 2.44. The largest absolute Gasteiger partial charge is 0.456 e. The molecular formula is C95H104O2. The summed E-state index contributed by atoms with van der Waals surface area (Å²) in [4.78, 5) is 0. The van der Waals surface area contributed by atoms with Crippen LogP contribution >= 0.6 is 0 Å². The Kier molecular flexibility index (Phi) is 20.9. The van der Waals surface area contributed by atoms with E-state index in [1.807, 2.05) is 0 Å². The summed E-state index contributed by atoms with van der Waals surface area (Å²) in [6, 6.07) is 79.3. The van der Waals surface area contributed by atoms with Gasteiger partial charge in [0.15, 0.2) is 0 Å². The van der Waals surface area contributed by atoms with Crippen LogP contribution in [0.1, 0.15) is 241 Å². The molecule has 2 heterocycles. The molecule has 0 saturated heterocycles. The summed E-state index contributed by atoms with van der Waals surface area (Å²) in [5.74, 6) is 0. The molecule has 0 spiro atoms. The summed E-state index contributed by atoms with van der Waals surface area (Å²) in [6.07, 6.45) is 37.5. The first-order valence-corrected chi connectivity index (χ1v) is 38.5. The molecule has 14 rings (SSSR count). The minimum atomic E-state index is 0.0494. The van der Waals surface area contributed by atoms with Crippen molar-refractivity contribution in [1.29, 1.82) is 0 Å². The van der Waals surface area contributed by atoms with E-state index in [9.17, 15) is 0 Å². The fourth-order valence-corrected chi connectivity index (χ4v) is 17.6. The van der Waals surface area contributed by atoms with E-state index in [0.717, 1.165) is 39.5 Å². The van der Waals surface area contributed by atoms with Crippen molar-refractivity contribution < 1.29 is 8.83 Å². The molecule has 10 aromatic carbocycles. The lowest BCUT2D eigenvalue weighted by atomic mass is 9.70. The van der Waals surface area contributed by atoms with E-state index in [2.05, 4.69) is 234 Å². The molecule has 0 radical (unpaired) electrons. The van der Waals surface area contributed by atoms with E-state index in [1.165, 1.54) is 268 Å². The van der Waals surface area contributed by atoms with E-state index >= 15 is 0 Å². The van der Waals surface area contributed by atoms with Crippen molar-refractivity contribution in [1.82, 2.24) is 0 Å².